The van der Waals surface area contributed by atoms with E-state index in [1.807, 2.05) is 13.1 Å². The molecule has 0 saturated heterocycles. The Morgan fingerprint density at radius 3 is 2.56 bits per heavy atom. The molecule has 0 unspecified atom stereocenters. The smallest absolute Gasteiger partial charge is 0.329 e. The monoisotopic (exact) mass is 252 g/mol. The van der Waals surface area contributed by atoms with Gasteiger partial charge in [-0.15, -0.1) is 0 Å². The van der Waals surface area contributed by atoms with Gasteiger partial charge in [-0.2, -0.15) is 5.26 Å². The van der Waals surface area contributed by atoms with Crippen LogP contribution < -0.4 is 0 Å². The van der Waals surface area contributed by atoms with Crippen molar-refractivity contribution in [3.8, 4) is 6.19 Å². The molecule has 1 aliphatic carbocycles. The first-order valence-electron chi connectivity index (χ1n) is 6.87. The fourth-order valence-corrected chi connectivity index (χ4v) is 2.48. The normalized spacial score (nSPS) is 19.7. The number of carbonyl (C=O) groups excluding carboxylic acids is 1. The second-order valence-electron chi connectivity index (χ2n) is 5.37. The van der Waals surface area contributed by atoms with Crippen molar-refractivity contribution in [2.75, 3.05) is 7.05 Å². The van der Waals surface area contributed by atoms with Gasteiger partial charge in [-0.1, -0.05) is 32.1 Å². The Morgan fingerprint density at radius 1 is 1.39 bits per heavy atom. The number of esters is 1. The molecule has 102 valence electrons. The Bertz CT molecular complexity index is 305. The summed E-state index contributed by atoms with van der Waals surface area (Å²) in [6.45, 7) is 3.64. The molecule has 4 heteroatoms. The third-order valence-corrected chi connectivity index (χ3v) is 3.79. The molecular formula is C14H24N2O2. The predicted molar refractivity (Wildman–Crippen MR) is 69.6 cm³/mol. The molecule has 1 rings (SSSR count). The molecule has 1 fully saturated rings. The van der Waals surface area contributed by atoms with Crippen molar-refractivity contribution in [2.24, 2.45) is 5.92 Å². The summed E-state index contributed by atoms with van der Waals surface area (Å²) in [6.07, 6.45) is 9.31. The minimum absolute atomic E-state index is 0.0462. The van der Waals surface area contributed by atoms with Crippen LogP contribution in [0.2, 0.25) is 0 Å². The van der Waals surface area contributed by atoms with Gasteiger partial charge in [0.1, 0.15) is 6.04 Å². The number of nitriles is 1. The molecule has 18 heavy (non-hydrogen) atoms. The van der Waals surface area contributed by atoms with Gasteiger partial charge in [0.2, 0.25) is 0 Å². The highest BCUT2D eigenvalue weighted by molar-refractivity contribution is 5.75. The first-order chi connectivity index (χ1) is 8.54. The second kappa shape index (κ2) is 7.25. The zero-order valence-corrected chi connectivity index (χ0v) is 11.7. The van der Waals surface area contributed by atoms with Crippen LogP contribution in [-0.2, 0) is 9.53 Å². The molecule has 4 nitrogen and oxygen atoms in total. The summed E-state index contributed by atoms with van der Waals surface area (Å²) in [4.78, 5) is 13.1. The Morgan fingerprint density at radius 2 is 2.00 bits per heavy atom. The summed E-state index contributed by atoms with van der Waals surface area (Å²) in [5, 5.41) is 8.72. The van der Waals surface area contributed by atoms with Crippen LogP contribution in [0.15, 0.2) is 0 Å². The molecule has 2 atom stereocenters. The van der Waals surface area contributed by atoms with Crippen molar-refractivity contribution in [3.05, 3.63) is 0 Å². The van der Waals surface area contributed by atoms with Crippen LogP contribution in [0.25, 0.3) is 0 Å². The molecule has 1 aliphatic rings. The van der Waals surface area contributed by atoms with E-state index in [0.29, 0.717) is 5.92 Å². The van der Waals surface area contributed by atoms with Gasteiger partial charge >= 0.3 is 5.97 Å². The summed E-state index contributed by atoms with van der Waals surface area (Å²) >= 11 is 0. The highest BCUT2D eigenvalue weighted by Crippen LogP contribution is 2.28. The fourth-order valence-electron chi connectivity index (χ4n) is 2.48. The van der Waals surface area contributed by atoms with Crippen molar-refractivity contribution in [2.45, 2.75) is 64.5 Å². The van der Waals surface area contributed by atoms with Gasteiger partial charge in [0, 0.05) is 7.05 Å². The lowest BCUT2D eigenvalue weighted by Crippen LogP contribution is -2.36. The summed E-state index contributed by atoms with van der Waals surface area (Å²) in [7, 11) is 1.59. The summed E-state index contributed by atoms with van der Waals surface area (Å²) in [5.41, 5.74) is 0. The third kappa shape index (κ3) is 4.56. The van der Waals surface area contributed by atoms with Crippen LogP contribution in [0.5, 0.6) is 0 Å². The first kappa shape index (κ1) is 14.8. The largest absolute Gasteiger partial charge is 0.461 e. The van der Waals surface area contributed by atoms with E-state index in [9.17, 15) is 4.79 Å². The van der Waals surface area contributed by atoms with Crippen LogP contribution >= 0.6 is 0 Å². The van der Waals surface area contributed by atoms with Crippen LogP contribution in [0, 0.1) is 17.4 Å². The quantitative estimate of drug-likeness (QED) is 0.429. The van der Waals surface area contributed by atoms with Crippen molar-refractivity contribution in [1.82, 2.24) is 4.90 Å². The van der Waals surface area contributed by atoms with Gasteiger partial charge in [-0.3, -0.25) is 4.90 Å². The molecule has 0 heterocycles. The first-order valence-corrected chi connectivity index (χ1v) is 6.87. The molecule has 0 bridgehead atoms. The number of hydrogen-bond acceptors (Lipinski definition) is 4. The van der Waals surface area contributed by atoms with Crippen LogP contribution in [0.3, 0.4) is 0 Å². The van der Waals surface area contributed by atoms with Crippen molar-refractivity contribution < 1.29 is 9.53 Å². The highest BCUT2D eigenvalue weighted by atomic mass is 16.5. The summed E-state index contributed by atoms with van der Waals surface area (Å²) < 4.78 is 5.41. The van der Waals surface area contributed by atoms with E-state index < -0.39 is 6.04 Å². The molecular weight excluding hydrogens is 228 g/mol. The van der Waals surface area contributed by atoms with Gasteiger partial charge in [-0.25, -0.2) is 4.79 Å². The average molecular weight is 252 g/mol. The van der Waals surface area contributed by atoms with Gasteiger partial charge in [0.15, 0.2) is 6.19 Å². The number of likely N-dealkylation sites (N-methyl/N-ethyl adjacent to an activating group) is 1. The van der Waals surface area contributed by atoms with Gasteiger partial charge in [-0.05, 0) is 26.2 Å². The van der Waals surface area contributed by atoms with Crippen molar-refractivity contribution >= 4 is 5.97 Å². The van der Waals surface area contributed by atoms with Gasteiger partial charge in [0.25, 0.3) is 0 Å². The van der Waals surface area contributed by atoms with Crippen LogP contribution in [-0.4, -0.2) is 30.1 Å². The molecule has 0 aromatic carbocycles. The van der Waals surface area contributed by atoms with Crippen LogP contribution in [0.1, 0.15) is 52.4 Å². The van der Waals surface area contributed by atoms with Gasteiger partial charge in [0.05, 0.1) is 6.10 Å². The maximum absolute atomic E-state index is 11.8. The fraction of sp³-hybridized carbons (Fsp3) is 0.857. The average Bonchev–Trinajstić information content (AvgIpc) is 2.37. The van der Waals surface area contributed by atoms with E-state index in [4.69, 9.17) is 10.00 Å². The molecule has 0 N–H and O–H groups in total. The zero-order valence-electron chi connectivity index (χ0n) is 11.7. The molecule has 0 radical (unpaired) electrons. The maximum Gasteiger partial charge on any atom is 0.329 e. The summed E-state index contributed by atoms with van der Waals surface area (Å²) in [5.74, 6) is 0.396. The Hall–Kier alpha value is -1.24. The topological polar surface area (TPSA) is 53.3 Å². The zero-order chi connectivity index (χ0) is 13.5. The minimum Gasteiger partial charge on any atom is -0.461 e. The second-order valence-corrected chi connectivity index (χ2v) is 5.37. The Kier molecular flexibility index (Phi) is 5.97. The van der Waals surface area contributed by atoms with Crippen molar-refractivity contribution in [3.63, 3.8) is 0 Å². The van der Waals surface area contributed by atoms with E-state index in [1.165, 1.54) is 37.0 Å². The van der Waals surface area contributed by atoms with Gasteiger partial charge < -0.3 is 4.74 Å². The highest BCUT2D eigenvalue weighted by Gasteiger charge is 2.23. The number of nitrogens with zero attached hydrogens (tertiary/aromatic N) is 2. The van der Waals surface area contributed by atoms with E-state index in [2.05, 4.69) is 0 Å². The molecule has 0 aromatic heterocycles. The number of ether oxygens (including phenoxy) is 1. The maximum atomic E-state index is 11.8. The van der Waals surface area contributed by atoms with E-state index in [-0.39, 0.29) is 12.1 Å². The van der Waals surface area contributed by atoms with Crippen LogP contribution in [0.4, 0.5) is 0 Å². The third-order valence-electron chi connectivity index (χ3n) is 3.79. The minimum atomic E-state index is -0.496. The molecule has 0 spiro atoms. The SMILES string of the molecule is C[C@H](C(=O)O[C@@H](C)CC1CCCCC1)N(C)C#N. The lowest BCUT2D eigenvalue weighted by atomic mass is 9.86. The van der Waals surface area contributed by atoms with E-state index in [1.54, 1.807) is 14.0 Å². The molecule has 1 saturated carbocycles. The lowest BCUT2D eigenvalue weighted by molar-refractivity contribution is -0.153. The molecule has 0 amide bonds. The standard InChI is InChI=1S/C14H24N2O2/c1-11(9-13-7-5-4-6-8-13)18-14(17)12(2)16(3)10-15/h11-13H,4-9H2,1-3H3/t11-,12+/m0/s1. The van der Waals surface area contributed by atoms with Crippen molar-refractivity contribution in [1.29, 1.82) is 5.26 Å². The Balaban J connectivity index is 2.32. The summed E-state index contributed by atoms with van der Waals surface area (Å²) in [6, 6.07) is -0.496. The number of rotatable bonds is 5. The number of carbonyl (C=O) groups is 1. The lowest BCUT2D eigenvalue weighted by Gasteiger charge is -2.26. The van der Waals surface area contributed by atoms with E-state index in [0.717, 1.165) is 6.42 Å². The van der Waals surface area contributed by atoms with E-state index >= 15 is 0 Å². The predicted octanol–water partition coefficient (Wildman–Crippen LogP) is 2.69. The Labute approximate surface area is 110 Å². The number of hydrogen-bond donors (Lipinski definition) is 0. The molecule has 0 aliphatic heterocycles. The molecule has 0 aromatic rings.